The van der Waals surface area contributed by atoms with Crippen molar-refractivity contribution in [1.29, 1.82) is 0 Å². The van der Waals surface area contributed by atoms with Gasteiger partial charge in [-0.15, -0.1) is 0 Å². The molecule has 0 spiro atoms. The highest BCUT2D eigenvalue weighted by atomic mass is 32.2. The van der Waals surface area contributed by atoms with E-state index in [1.165, 1.54) is 0 Å². The second kappa shape index (κ2) is 5.48. The lowest BCUT2D eigenvalue weighted by molar-refractivity contribution is -0.128. The summed E-state index contributed by atoms with van der Waals surface area (Å²) in [6.07, 6.45) is 8.07. The molecule has 0 aromatic rings. The Morgan fingerprint density at radius 1 is 1.50 bits per heavy atom. The molecule has 0 radical (unpaired) electrons. The summed E-state index contributed by atoms with van der Waals surface area (Å²) in [6.45, 7) is 2.64. The zero-order chi connectivity index (χ0) is 12.2. The average molecular weight is 245 g/mol. The molecule has 1 aliphatic heterocycles. The Labute approximate surface area is 97.2 Å². The molecule has 0 fully saturated rings. The van der Waals surface area contributed by atoms with Crippen molar-refractivity contribution in [3.05, 3.63) is 12.2 Å². The molecule has 0 saturated heterocycles. The summed E-state index contributed by atoms with van der Waals surface area (Å²) in [5, 5.41) is 0. The molecule has 0 N–H and O–H groups in total. The van der Waals surface area contributed by atoms with E-state index in [0.717, 1.165) is 25.5 Å². The van der Waals surface area contributed by atoms with Crippen molar-refractivity contribution in [2.45, 2.75) is 32.2 Å². The van der Waals surface area contributed by atoms with Gasteiger partial charge in [-0.2, -0.15) is 0 Å². The number of carbonyl (C=O) groups is 1. The van der Waals surface area contributed by atoms with Gasteiger partial charge >= 0.3 is 0 Å². The van der Waals surface area contributed by atoms with Gasteiger partial charge in [-0.05, 0) is 6.42 Å². The third-order valence-electron chi connectivity index (χ3n) is 2.62. The fourth-order valence-electron chi connectivity index (χ4n) is 1.83. The largest absolute Gasteiger partial charge is 0.332 e. The van der Waals surface area contributed by atoms with Crippen LogP contribution < -0.4 is 0 Å². The molecule has 0 aromatic carbocycles. The molecular formula is C11H19NO3S. The van der Waals surface area contributed by atoms with Gasteiger partial charge in [-0.1, -0.05) is 31.9 Å². The van der Waals surface area contributed by atoms with E-state index in [2.05, 4.69) is 6.92 Å². The van der Waals surface area contributed by atoms with Crippen molar-refractivity contribution in [3.8, 4) is 0 Å². The van der Waals surface area contributed by atoms with Crippen LogP contribution in [-0.2, 0) is 14.6 Å². The third kappa shape index (κ3) is 3.96. The fraction of sp³-hybridized carbons (Fsp3) is 0.727. The smallest absolute Gasteiger partial charge is 0.238 e. The molecule has 0 aliphatic carbocycles. The maximum absolute atomic E-state index is 11.7. The van der Waals surface area contributed by atoms with Crippen molar-refractivity contribution in [2.24, 2.45) is 0 Å². The van der Waals surface area contributed by atoms with Gasteiger partial charge in [0.25, 0.3) is 0 Å². The topological polar surface area (TPSA) is 54.5 Å². The minimum atomic E-state index is -3.22. The van der Waals surface area contributed by atoms with E-state index in [0.29, 0.717) is 6.54 Å². The Bertz CT molecular complexity index is 373. The van der Waals surface area contributed by atoms with Crippen LogP contribution in [0.1, 0.15) is 26.2 Å². The second-order valence-corrected chi connectivity index (χ2v) is 6.39. The fourth-order valence-corrected chi connectivity index (χ4v) is 2.44. The number of amides is 1. The summed E-state index contributed by atoms with van der Waals surface area (Å²) in [7, 11) is -3.22. The predicted octanol–water partition coefficient (Wildman–Crippen LogP) is 0.988. The van der Waals surface area contributed by atoms with Gasteiger partial charge in [0.2, 0.25) is 5.91 Å². The van der Waals surface area contributed by atoms with Gasteiger partial charge in [0.1, 0.15) is 5.75 Å². The molecule has 4 nitrogen and oxygen atoms in total. The van der Waals surface area contributed by atoms with E-state index >= 15 is 0 Å². The molecule has 1 heterocycles. The highest BCUT2D eigenvalue weighted by Gasteiger charge is 2.26. The van der Waals surface area contributed by atoms with Gasteiger partial charge < -0.3 is 4.90 Å². The molecular weight excluding hydrogens is 226 g/mol. The van der Waals surface area contributed by atoms with Crippen LogP contribution in [0.3, 0.4) is 0 Å². The molecule has 92 valence electrons. The quantitative estimate of drug-likeness (QED) is 0.679. The van der Waals surface area contributed by atoms with E-state index in [4.69, 9.17) is 0 Å². The molecule has 1 amide bonds. The lowest BCUT2D eigenvalue weighted by Gasteiger charge is -2.24. The van der Waals surface area contributed by atoms with Gasteiger partial charge in [0.05, 0.1) is 6.04 Å². The van der Waals surface area contributed by atoms with Crippen molar-refractivity contribution in [2.75, 3.05) is 18.6 Å². The van der Waals surface area contributed by atoms with Crippen LogP contribution in [0.4, 0.5) is 0 Å². The normalized spacial score (nSPS) is 20.4. The van der Waals surface area contributed by atoms with Crippen LogP contribution in [0, 0.1) is 0 Å². The van der Waals surface area contributed by atoms with Crippen LogP contribution in [-0.4, -0.2) is 43.8 Å². The Morgan fingerprint density at radius 3 is 2.75 bits per heavy atom. The minimum absolute atomic E-state index is 0.0919. The Morgan fingerprint density at radius 2 is 2.19 bits per heavy atom. The number of rotatable bonds is 5. The molecule has 0 saturated carbocycles. The lowest BCUT2D eigenvalue weighted by Crippen LogP contribution is -2.39. The Kier molecular flexibility index (Phi) is 4.53. The summed E-state index contributed by atoms with van der Waals surface area (Å²) in [6, 6.07) is 0.0919. The zero-order valence-corrected chi connectivity index (χ0v) is 10.7. The van der Waals surface area contributed by atoms with Crippen LogP contribution >= 0.6 is 0 Å². The SMILES string of the molecule is CCCC[C@@H]1C=CCN1C(=O)CS(C)(=O)=O. The molecule has 0 aromatic heterocycles. The first-order valence-electron chi connectivity index (χ1n) is 5.58. The van der Waals surface area contributed by atoms with Crippen molar-refractivity contribution < 1.29 is 13.2 Å². The first kappa shape index (κ1) is 13.2. The predicted molar refractivity (Wildman–Crippen MR) is 63.9 cm³/mol. The molecule has 1 aliphatic rings. The number of unbranched alkanes of at least 4 members (excludes halogenated alkanes) is 1. The highest BCUT2D eigenvalue weighted by Crippen LogP contribution is 2.16. The van der Waals surface area contributed by atoms with Gasteiger partial charge in [-0.25, -0.2) is 8.42 Å². The van der Waals surface area contributed by atoms with Crippen LogP contribution in [0.25, 0.3) is 0 Å². The lowest BCUT2D eigenvalue weighted by atomic mass is 10.1. The molecule has 1 rings (SSSR count). The van der Waals surface area contributed by atoms with Crippen LogP contribution in [0.15, 0.2) is 12.2 Å². The standard InChI is InChI=1S/C11H19NO3S/c1-3-4-6-10-7-5-8-12(10)11(13)9-16(2,14)15/h5,7,10H,3-4,6,8-9H2,1-2H3/t10-/m1/s1. The molecule has 16 heavy (non-hydrogen) atoms. The first-order valence-corrected chi connectivity index (χ1v) is 7.64. The molecule has 0 bridgehead atoms. The summed E-state index contributed by atoms with van der Waals surface area (Å²) in [5.74, 6) is -0.661. The van der Waals surface area contributed by atoms with Crippen LogP contribution in [0.5, 0.6) is 0 Å². The number of hydrogen-bond donors (Lipinski definition) is 0. The Hall–Kier alpha value is -0.840. The van der Waals surface area contributed by atoms with E-state index in [9.17, 15) is 13.2 Å². The monoisotopic (exact) mass is 245 g/mol. The minimum Gasteiger partial charge on any atom is -0.332 e. The first-order chi connectivity index (χ1) is 7.44. The molecule has 5 heteroatoms. The van der Waals surface area contributed by atoms with E-state index < -0.39 is 9.84 Å². The van der Waals surface area contributed by atoms with Gasteiger partial charge in [0, 0.05) is 12.8 Å². The van der Waals surface area contributed by atoms with E-state index in [1.807, 2.05) is 12.2 Å². The van der Waals surface area contributed by atoms with Crippen LogP contribution in [0.2, 0.25) is 0 Å². The number of hydrogen-bond acceptors (Lipinski definition) is 3. The molecule has 1 atom stereocenters. The van der Waals surface area contributed by atoms with Crippen molar-refractivity contribution in [3.63, 3.8) is 0 Å². The van der Waals surface area contributed by atoms with Crippen molar-refractivity contribution >= 4 is 15.7 Å². The third-order valence-corrected chi connectivity index (χ3v) is 3.39. The average Bonchev–Trinajstić information content (AvgIpc) is 2.59. The van der Waals surface area contributed by atoms with Gasteiger partial charge in [0.15, 0.2) is 9.84 Å². The summed E-state index contributed by atoms with van der Waals surface area (Å²) >= 11 is 0. The maximum Gasteiger partial charge on any atom is 0.238 e. The second-order valence-electron chi connectivity index (χ2n) is 4.25. The summed E-state index contributed by atoms with van der Waals surface area (Å²) in [4.78, 5) is 13.4. The number of nitrogens with zero attached hydrogens (tertiary/aromatic N) is 1. The molecule has 0 unspecified atom stereocenters. The number of carbonyl (C=O) groups excluding carboxylic acids is 1. The Balaban J connectivity index is 2.56. The van der Waals surface area contributed by atoms with E-state index in [-0.39, 0.29) is 17.7 Å². The number of sulfone groups is 1. The summed E-state index contributed by atoms with van der Waals surface area (Å²) < 4.78 is 22.1. The van der Waals surface area contributed by atoms with E-state index in [1.54, 1.807) is 4.90 Å². The maximum atomic E-state index is 11.7. The van der Waals surface area contributed by atoms with Crippen molar-refractivity contribution in [1.82, 2.24) is 4.90 Å². The summed E-state index contributed by atoms with van der Waals surface area (Å²) in [5.41, 5.74) is 0. The highest BCUT2D eigenvalue weighted by molar-refractivity contribution is 7.91. The zero-order valence-electron chi connectivity index (χ0n) is 9.85. The van der Waals surface area contributed by atoms with Gasteiger partial charge in [-0.3, -0.25) is 4.79 Å².